The number of aliphatic hydroxyl groups excluding tert-OH is 1. The number of benzene rings is 2. The van der Waals surface area contributed by atoms with Crippen LogP contribution in [0.15, 0.2) is 54.6 Å². The van der Waals surface area contributed by atoms with E-state index >= 15 is 0 Å². The summed E-state index contributed by atoms with van der Waals surface area (Å²) in [6.07, 6.45) is -0.529. The summed E-state index contributed by atoms with van der Waals surface area (Å²) in [7, 11) is 0. The van der Waals surface area contributed by atoms with Crippen LogP contribution in [0, 0.1) is 26.1 Å². The van der Waals surface area contributed by atoms with E-state index in [4.69, 9.17) is 0 Å². The van der Waals surface area contributed by atoms with Gasteiger partial charge in [0.15, 0.2) is 5.78 Å². The molecule has 0 aromatic heterocycles. The molecule has 1 fully saturated rings. The van der Waals surface area contributed by atoms with Gasteiger partial charge in [-0.1, -0.05) is 54.6 Å². The van der Waals surface area contributed by atoms with Crippen molar-refractivity contribution in [1.82, 2.24) is 4.90 Å². The Bertz CT molecular complexity index is 1110. The number of hydrogen-bond donors (Lipinski definition) is 1. The lowest BCUT2D eigenvalue weighted by molar-refractivity contribution is -0.640. The third-order valence-electron chi connectivity index (χ3n) is 6.67. The highest BCUT2D eigenvalue weighted by Crippen LogP contribution is 2.53. The molecule has 2 aliphatic rings. The molecule has 0 unspecified atom stereocenters. The molecule has 1 saturated heterocycles. The van der Waals surface area contributed by atoms with Gasteiger partial charge in [0.2, 0.25) is 5.78 Å². The molecule has 32 heavy (non-hydrogen) atoms. The van der Waals surface area contributed by atoms with E-state index in [0.717, 1.165) is 0 Å². The van der Waals surface area contributed by atoms with Crippen LogP contribution in [0.25, 0.3) is 0 Å². The smallest absolute Gasteiger partial charge is 0.306 e. The molecule has 2 aromatic carbocycles. The molecular weight excluding hydrogens is 418 g/mol. The monoisotopic (exact) mass is 439 g/mol. The zero-order chi connectivity index (χ0) is 23.1. The first-order valence-corrected chi connectivity index (χ1v) is 10.1. The fraction of sp³-hybridized carbons (Fsp3) is 0.364. The van der Waals surface area contributed by atoms with Gasteiger partial charge >= 0.3 is 5.54 Å². The van der Waals surface area contributed by atoms with Crippen LogP contribution in [0.2, 0.25) is 0 Å². The zero-order valence-electron chi connectivity index (χ0n) is 17.0. The van der Waals surface area contributed by atoms with E-state index in [9.17, 15) is 34.9 Å². The molecule has 2 bridgehead atoms. The Kier molecular flexibility index (Phi) is 5.35. The van der Waals surface area contributed by atoms with Gasteiger partial charge in [0.05, 0.1) is 19.7 Å². The third kappa shape index (κ3) is 2.94. The van der Waals surface area contributed by atoms with Crippen molar-refractivity contribution < 1.29 is 24.5 Å². The van der Waals surface area contributed by atoms with Gasteiger partial charge in [-0.25, -0.2) is 0 Å². The number of nitrogens with zero attached hydrogens (tertiary/aromatic N) is 3. The minimum atomic E-state index is -2.39. The Hall–Kier alpha value is -3.50. The number of nitro groups is 2. The van der Waals surface area contributed by atoms with Gasteiger partial charge in [0.25, 0.3) is 5.54 Å². The van der Waals surface area contributed by atoms with Crippen molar-refractivity contribution in [2.45, 2.75) is 17.5 Å². The van der Waals surface area contributed by atoms with Crippen molar-refractivity contribution in [1.29, 1.82) is 0 Å². The summed E-state index contributed by atoms with van der Waals surface area (Å²) in [5.41, 5.74) is -4.18. The van der Waals surface area contributed by atoms with E-state index in [-0.39, 0.29) is 36.4 Å². The maximum Gasteiger partial charge on any atom is 0.306 e. The second-order valence-electron chi connectivity index (χ2n) is 8.22. The average molecular weight is 439 g/mol. The second kappa shape index (κ2) is 7.88. The summed E-state index contributed by atoms with van der Waals surface area (Å²) in [6.45, 7) is -1.13. The van der Waals surface area contributed by atoms with E-state index in [1.807, 2.05) is 0 Å². The number of ketones is 2. The van der Waals surface area contributed by atoms with E-state index in [0.29, 0.717) is 0 Å². The van der Waals surface area contributed by atoms with E-state index in [1.165, 1.54) is 41.3 Å². The summed E-state index contributed by atoms with van der Waals surface area (Å²) in [5.74, 6) is -2.84. The topological polar surface area (TPSA) is 144 Å². The molecule has 0 saturated carbocycles. The van der Waals surface area contributed by atoms with E-state index in [1.54, 1.807) is 18.2 Å². The van der Waals surface area contributed by atoms with Crippen molar-refractivity contribution in [3.05, 3.63) is 91.5 Å². The largest absolute Gasteiger partial charge is 0.395 e. The van der Waals surface area contributed by atoms with Crippen LogP contribution in [0.1, 0.15) is 32.7 Å². The maximum absolute atomic E-state index is 13.6. The third-order valence-corrected chi connectivity index (χ3v) is 6.67. The highest BCUT2D eigenvalue weighted by molar-refractivity contribution is 6.07. The summed E-state index contributed by atoms with van der Waals surface area (Å²) in [6, 6.07) is 13.9. The number of fused-ring (bicyclic) bond motifs is 4. The van der Waals surface area contributed by atoms with Crippen LogP contribution in [0.5, 0.6) is 0 Å². The highest BCUT2D eigenvalue weighted by atomic mass is 16.6. The van der Waals surface area contributed by atoms with Crippen molar-refractivity contribution in [2.24, 2.45) is 5.92 Å². The van der Waals surface area contributed by atoms with Gasteiger partial charge < -0.3 is 5.11 Å². The number of Topliss-reactive ketones (excluding diaryl/α,β-unsaturated/α-hetero) is 2. The summed E-state index contributed by atoms with van der Waals surface area (Å²) in [4.78, 5) is 51.9. The lowest BCUT2D eigenvalue weighted by atomic mass is 9.55. The van der Waals surface area contributed by atoms with Crippen LogP contribution in [0.3, 0.4) is 0 Å². The molecule has 3 atom stereocenters. The molecule has 2 aromatic rings. The fourth-order valence-electron chi connectivity index (χ4n) is 5.26. The molecule has 10 nitrogen and oxygen atoms in total. The SMILES string of the molecule is O=C(C[C@H]1[C@@]2([N+](=O)[O-])CN(CCO)C[C@@]1([N+](=O)[O-])c1ccccc1C2=O)c1ccccc1. The molecule has 1 aliphatic heterocycles. The first-order chi connectivity index (χ1) is 15.3. The van der Waals surface area contributed by atoms with Crippen LogP contribution in [-0.4, -0.2) is 63.2 Å². The molecule has 0 radical (unpaired) electrons. The number of rotatable bonds is 7. The van der Waals surface area contributed by atoms with Crippen molar-refractivity contribution >= 4 is 11.6 Å². The van der Waals surface area contributed by atoms with Crippen LogP contribution >= 0.6 is 0 Å². The van der Waals surface area contributed by atoms with Gasteiger partial charge in [-0.15, -0.1) is 0 Å². The first kappa shape index (κ1) is 21.7. The number of hydrogen-bond acceptors (Lipinski definition) is 8. The lowest BCUT2D eigenvalue weighted by Gasteiger charge is -2.50. The Morgan fingerprint density at radius 3 is 2.22 bits per heavy atom. The molecular formula is C22H21N3O7. The van der Waals surface area contributed by atoms with Crippen LogP contribution < -0.4 is 0 Å². The number of carbonyl (C=O) groups excluding carboxylic acids is 2. The minimum absolute atomic E-state index is 0.0621. The molecule has 1 aliphatic carbocycles. The number of β-amino-alcohol motifs (C(OH)–C–C–N with tert-alkyl or cyclic N) is 1. The predicted molar refractivity (Wildman–Crippen MR) is 112 cm³/mol. The van der Waals surface area contributed by atoms with Gasteiger partial charge in [-0.05, 0) is 0 Å². The lowest BCUT2D eigenvalue weighted by Crippen LogP contribution is -2.75. The highest BCUT2D eigenvalue weighted by Gasteiger charge is 2.77. The minimum Gasteiger partial charge on any atom is -0.395 e. The average Bonchev–Trinajstić information content (AvgIpc) is 2.78. The quantitative estimate of drug-likeness (QED) is 0.389. The summed E-state index contributed by atoms with van der Waals surface area (Å²) in [5, 5.41) is 34.6. The van der Waals surface area contributed by atoms with Gasteiger partial charge in [-0.3, -0.25) is 34.7 Å². The van der Waals surface area contributed by atoms with Crippen molar-refractivity contribution in [3.63, 3.8) is 0 Å². The van der Waals surface area contributed by atoms with E-state index in [2.05, 4.69) is 0 Å². The molecule has 1 heterocycles. The van der Waals surface area contributed by atoms with Crippen molar-refractivity contribution in [2.75, 3.05) is 26.2 Å². The standard InChI is InChI=1S/C22H21N3O7/c26-11-10-23-13-21(24(29)30)17-9-5-4-8-16(17)20(28)22(14-23,25(31)32)19(21)12-18(27)15-6-2-1-3-7-15/h1-9,19,26H,10-14H2/t19-,21-,22+/m1/s1. The number of piperidine rings is 1. The summed E-state index contributed by atoms with van der Waals surface area (Å²) >= 11 is 0. The van der Waals surface area contributed by atoms with Gasteiger partial charge in [0, 0.05) is 39.5 Å². The predicted octanol–water partition coefficient (Wildman–Crippen LogP) is 1.57. The number of carbonyl (C=O) groups is 2. The molecule has 10 heteroatoms. The number of aliphatic hydroxyl groups is 1. The maximum atomic E-state index is 13.6. The number of likely N-dealkylation sites (tertiary alicyclic amines) is 1. The molecule has 1 N–H and O–H groups in total. The van der Waals surface area contributed by atoms with Crippen LogP contribution in [0.4, 0.5) is 0 Å². The Morgan fingerprint density at radius 2 is 1.59 bits per heavy atom. The molecule has 4 rings (SSSR count). The van der Waals surface area contributed by atoms with Crippen LogP contribution in [-0.2, 0) is 5.54 Å². The molecule has 0 spiro atoms. The van der Waals surface area contributed by atoms with Gasteiger partial charge in [0.1, 0.15) is 5.92 Å². The Labute approximate surface area is 182 Å². The Morgan fingerprint density at radius 1 is 1.00 bits per heavy atom. The fourth-order valence-corrected chi connectivity index (χ4v) is 5.26. The van der Waals surface area contributed by atoms with E-state index < -0.39 is 51.4 Å². The molecule has 0 amide bonds. The second-order valence-corrected chi connectivity index (χ2v) is 8.22. The normalized spacial score (nSPS) is 26.9. The van der Waals surface area contributed by atoms with Crippen molar-refractivity contribution in [3.8, 4) is 0 Å². The Balaban J connectivity index is 1.97. The van der Waals surface area contributed by atoms with Gasteiger partial charge in [-0.2, -0.15) is 0 Å². The first-order valence-electron chi connectivity index (χ1n) is 10.1. The summed E-state index contributed by atoms with van der Waals surface area (Å²) < 4.78 is 0. The molecule has 166 valence electrons. The zero-order valence-corrected chi connectivity index (χ0v) is 17.0.